The second-order valence-corrected chi connectivity index (χ2v) is 8.12. The van der Waals surface area contributed by atoms with Crippen molar-refractivity contribution < 1.29 is 4.79 Å². The maximum absolute atomic E-state index is 12.2. The number of nitrogens with one attached hydrogen (secondary N) is 2. The molecule has 1 heterocycles. The molecule has 122 valence electrons. The monoisotopic (exact) mass is 340 g/mol. The van der Waals surface area contributed by atoms with Crippen molar-refractivity contribution in [1.29, 1.82) is 0 Å². The Morgan fingerprint density at radius 2 is 2.23 bits per heavy atom. The zero-order valence-electron chi connectivity index (χ0n) is 13.0. The first-order valence-corrected chi connectivity index (χ1v) is 9.51. The van der Waals surface area contributed by atoms with Gasteiger partial charge in [0.05, 0.1) is 5.25 Å². The molecule has 1 aliphatic carbocycles. The Labute approximate surface area is 140 Å². The summed E-state index contributed by atoms with van der Waals surface area (Å²) in [5.41, 5.74) is 0. The fourth-order valence-corrected chi connectivity index (χ4v) is 4.40. The highest BCUT2D eigenvalue weighted by molar-refractivity contribution is 8.02. The van der Waals surface area contributed by atoms with Crippen molar-refractivity contribution in [3.05, 3.63) is 12.7 Å². The molecule has 0 unspecified atom stereocenters. The van der Waals surface area contributed by atoms with E-state index < -0.39 is 0 Å². The summed E-state index contributed by atoms with van der Waals surface area (Å²) in [5.74, 6) is 0.748. The van der Waals surface area contributed by atoms with Crippen LogP contribution in [0.2, 0.25) is 0 Å². The van der Waals surface area contributed by atoms with Gasteiger partial charge in [-0.1, -0.05) is 48.4 Å². The van der Waals surface area contributed by atoms with Gasteiger partial charge in [-0.3, -0.25) is 4.79 Å². The lowest BCUT2D eigenvalue weighted by Crippen LogP contribution is -2.35. The first-order chi connectivity index (χ1) is 10.7. The van der Waals surface area contributed by atoms with Crippen LogP contribution < -0.4 is 10.6 Å². The minimum absolute atomic E-state index is 0.0892. The Balaban J connectivity index is 1.73. The van der Waals surface area contributed by atoms with Crippen molar-refractivity contribution in [3.8, 4) is 0 Å². The van der Waals surface area contributed by atoms with Gasteiger partial charge in [-0.2, -0.15) is 0 Å². The average molecular weight is 341 g/mol. The molecule has 1 aromatic heterocycles. The standard InChI is InChI=1S/C15H24N4OS2/c1-3-9-16-14-18-19-15(22-14)21-11(2)13(20)17-10-12-7-5-4-6-8-12/h3,11-12H,1,4-10H2,2H3,(H,16,18)(H,17,20)/t11-/m1/s1. The van der Waals surface area contributed by atoms with E-state index in [1.807, 2.05) is 6.92 Å². The highest BCUT2D eigenvalue weighted by atomic mass is 32.2. The number of hydrogen-bond donors (Lipinski definition) is 2. The van der Waals surface area contributed by atoms with Crippen LogP contribution >= 0.6 is 23.1 Å². The zero-order chi connectivity index (χ0) is 15.8. The quantitative estimate of drug-likeness (QED) is 0.561. The van der Waals surface area contributed by atoms with Gasteiger partial charge in [-0.05, 0) is 25.7 Å². The number of thioether (sulfide) groups is 1. The topological polar surface area (TPSA) is 66.9 Å². The minimum atomic E-state index is -0.149. The van der Waals surface area contributed by atoms with Crippen molar-refractivity contribution in [2.24, 2.45) is 5.92 Å². The lowest BCUT2D eigenvalue weighted by Gasteiger charge is -2.22. The highest BCUT2D eigenvalue weighted by Gasteiger charge is 2.19. The summed E-state index contributed by atoms with van der Waals surface area (Å²) >= 11 is 2.93. The number of aromatic nitrogens is 2. The van der Waals surface area contributed by atoms with Crippen molar-refractivity contribution in [1.82, 2.24) is 15.5 Å². The van der Waals surface area contributed by atoms with E-state index in [1.54, 1.807) is 6.08 Å². The van der Waals surface area contributed by atoms with Gasteiger partial charge in [-0.15, -0.1) is 16.8 Å². The molecule has 1 fully saturated rings. The smallest absolute Gasteiger partial charge is 0.233 e. The molecule has 1 saturated carbocycles. The SMILES string of the molecule is C=CCNc1nnc(S[C@H](C)C(=O)NCC2CCCCC2)s1. The summed E-state index contributed by atoms with van der Waals surface area (Å²) in [6.07, 6.45) is 8.21. The van der Waals surface area contributed by atoms with Crippen molar-refractivity contribution in [2.75, 3.05) is 18.4 Å². The molecular weight excluding hydrogens is 316 g/mol. The van der Waals surface area contributed by atoms with E-state index in [0.717, 1.165) is 16.0 Å². The third-order valence-electron chi connectivity index (χ3n) is 3.74. The third kappa shape index (κ3) is 5.61. The van der Waals surface area contributed by atoms with Crippen LogP contribution in [0.15, 0.2) is 17.0 Å². The molecule has 2 rings (SSSR count). The zero-order valence-corrected chi connectivity index (χ0v) is 14.6. The number of rotatable bonds is 8. The van der Waals surface area contributed by atoms with Gasteiger partial charge in [0, 0.05) is 13.1 Å². The molecule has 0 aliphatic heterocycles. The van der Waals surface area contributed by atoms with Gasteiger partial charge in [-0.25, -0.2) is 0 Å². The lowest BCUT2D eigenvalue weighted by atomic mass is 9.89. The van der Waals surface area contributed by atoms with E-state index in [1.165, 1.54) is 55.2 Å². The molecule has 1 aromatic rings. The van der Waals surface area contributed by atoms with Gasteiger partial charge >= 0.3 is 0 Å². The number of carbonyl (C=O) groups excluding carboxylic acids is 1. The molecule has 2 N–H and O–H groups in total. The Hall–Kier alpha value is -1.08. The van der Waals surface area contributed by atoms with Crippen LogP contribution in [0.3, 0.4) is 0 Å². The Morgan fingerprint density at radius 1 is 1.45 bits per heavy atom. The van der Waals surface area contributed by atoms with Crippen LogP contribution in [0.5, 0.6) is 0 Å². The summed E-state index contributed by atoms with van der Waals surface area (Å²) in [5, 5.41) is 14.9. The Bertz CT molecular complexity index is 486. The normalized spacial score (nSPS) is 17.0. The fourth-order valence-electron chi connectivity index (χ4n) is 2.47. The van der Waals surface area contributed by atoms with Gasteiger partial charge in [0.2, 0.25) is 11.0 Å². The highest BCUT2D eigenvalue weighted by Crippen LogP contribution is 2.29. The van der Waals surface area contributed by atoms with E-state index in [9.17, 15) is 4.79 Å². The molecule has 1 atom stereocenters. The molecular formula is C15H24N4OS2. The third-order valence-corrected chi connectivity index (χ3v) is 5.81. The number of hydrogen-bond acceptors (Lipinski definition) is 6. The summed E-state index contributed by atoms with van der Waals surface area (Å²) in [6, 6.07) is 0. The average Bonchev–Trinajstić information content (AvgIpc) is 2.99. The van der Waals surface area contributed by atoms with Crippen LogP contribution in [0.25, 0.3) is 0 Å². The van der Waals surface area contributed by atoms with Crippen molar-refractivity contribution in [2.45, 2.75) is 48.6 Å². The number of anilines is 1. The second-order valence-electron chi connectivity index (χ2n) is 5.55. The Morgan fingerprint density at radius 3 is 2.95 bits per heavy atom. The van der Waals surface area contributed by atoms with Crippen LogP contribution in [0.4, 0.5) is 5.13 Å². The maximum atomic E-state index is 12.2. The first-order valence-electron chi connectivity index (χ1n) is 7.81. The molecule has 1 aliphatic rings. The molecule has 0 radical (unpaired) electrons. The van der Waals surface area contributed by atoms with E-state index in [-0.39, 0.29) is 11.2 Å². The van der Waals surface area contributed by atoms with Crippen LogP contribution in [-0.2, 0) is 4.79 Å². The second kappa shape index (κ2) is 9.15. The molecule has 0 aromatic carbocycles. The molecule has 22 heavy (non-hydrogen) atoms. The maximum Gasteiger partial charge on any atom is 0.233 e. The van der Waals surface area contributed by atoms with Crippen LogP contribution in [0.1, 0.15) is 39.0 Å². The summed E-state index contributed by atoms with van der Waals surface area (Å²) in [6.45, 7) is 7.04. The molecule has 0 saturated heterocycles. The van der Waals surface area contributed by atoms with Gasteiger partial charge in [0.1, 0.15) is 0 Å². The summed E-state index contributed by atoms with van der Waals surface area (Å²) in [7, 11) is 0. The van der Waals surface area contributed by atoms with Gasteiger partial charge in [0.25, 0.3) is 0 Å². The van der Waals surface area contributed by atoms with Crippen molar-refractivity contribution >= 4 is 34.1 Å². The predicted molar refractivity (Wildman–Crippen MR) is 93.5 cm³/mol. The van der Waals surface area contributed by atoms with Crippen LogP contribution in [-0.4, -0.2) is 34.4 Å². The lowest BCUT2D eigenvalue weighted by molar-refractivity contribution is -0.120. The largest absolute Gasteiger partial charge is 0.357 e. The van der Waals surface area contributed by atoms with E-state index in [2.05, 4.69) is 27.4 Å². The van der Waals surface area contributed by atoms with Gasteiger partial charge in [0.15, 0.2) is 4.34 Å². The van der Waals surface area contributed by atoms with E-state index >= 15 is 0 Å². The van der Waals surface area contributed by atoms with Gasteiger partial charge < -0.3 is 10.6 Å². The number of nitrogens with zero attached hydrogens (tertiary/aromatic N) is 2. The van der Waals surface area contributed by atoms with Crippen LogP contribution in [0, 0.1) is 5.92 Å². The predicted octanol–water partition coefficient (Wildman–Crippen LogP) is 3.31. The van der Waals surface area contributed by atoms with Crippen molar-refractivity contribution in [3.63, 3.8) is 0 Å². The summed E-state index contributed by atoms with van der Waals surface area (Å²) in [4.78, 5) is 12.2. The molecule has 0 bridgehead atoms. The molecule has 1 amide bonds. The summed E-state index contributed by atoms with van der Waals surface area (Å²) < 4.78 is 0.812. The number of carbonyl (C=O) groups is 1. The minimum Gasteiger partial charge on any atom is -0.357 e. The first kappa shape index (κ1) is 17.3. The van der Waals surface area contributed by atoms with E-state index in [4.69, 9.17) is 0 Å². The molecule has 7 heteroatoms. The Kier molecular flexibility index (Phi) is 7.18. The fraction of sp³-hybridized carbons (Fsp3) is 0.667. The van der Waals surface area contributed by atoms with E-state index in [0.29, 0.717) is 12.5 Å². The number of amides is 1. The molecule has 5 nitrogen and oxygen atoms in total. The molecule has 0 spiro atoms.